The van der Waals surface area contributed by atoms with Gasteiger partial charge in [-0.05, 0) is 36.3 Å². The van der Waals surface area contributed by atoms with Crippen molar-refractivity contribution in [2.75, 3.05) is 0 Å². The third-order valence-corrected chi connectivity index (χ3v) is 6.14. The van der Waals surface area contributed by atoms with E-state index in [4.69, 9.17) is 0 Å². The second-order valence-corrected chi connectivity index (χ2v) is 8.60. The zero-order valence-corrected chi connectivity index (χ0v) is 16.9. The van der Waals surface area contributed by atoms with Gasteiger partial charge in [-0.15, -0.1) is 0 Å². The molecule has 0 N–H and O–H groups in total. The van der Waals surface area contributed by atoms with Gasteiger partial charge in [0.15, 0.2) is 0 Å². The Kier molecular flexibility index (Phi) is 8.78. The van der Waals surface area contributed by atoms with Crippen LogP contribution in [-0.2, 0) is 0 Å². The summed E-state index contributed by atoms with van der Waals surface area (Å²) in [5, 5.41) is 0. The number of hydrogen-bond donors (Lipinski definition) is 0. The Morgan fingerprint density at radius 2 is 1.77 bits per heavy atom. The number of benzene rings is 1. The summed E-state index contributed by atoms with van der Waals surface area (Å²) in [7, 11) is 0.0885. The Labute approximate surface area is 141 Å². The largest absolute Gasteiger partial charge is 0.0995 e. The Bertz CT molecular complexity index is 449. The van der Waals surface area contributed by atoms with Crippen molar-refractivity contribution in [1.82, 2.24) is 0 Å². The van der Waals surface area contributed by atoms with E-state index in [9.17, 15) is 0 Å². The van der Waals surface area contributed by atoms with Crippen LogP contribution in [-0.4, -0.2) is 9.52 Å². The van der Waals surface area contributed by atoms with E-state index in [1.807, 2.05) is 0 Å². The van der Waals surface area contributed by atoms with E-state index in [2.05, 4.69) is 65.1 Å². The molecule has 22 heavy (non-hydrogen) atoms. The van der Waals surface area contributed by atoms with Crippen molar-refractivity contribution < 1.29 is 0 Å². The van der Waals surface area contributed by atoms with Crippen LogP contribution in [0.5, 0.6) is 0 Å². The standard InChI is InChI=1S/C21H36Si/c1-7-10-17(5)21(15-22-6)19-13-9-12-18(14-19)20(11-8-2)16(3)4/h9,12-14,17,20-21H,3,7-8,10-11,15,22H2,1-2,4-6H3. The first-order chi connectivity index (χ1) is 10.5. The van der Waals surface area contributed by atoms with Gasteiger partial charge in [-0.2, -0.15) is 0 Å². The van der Waals surface area contributed by atoms with Gasteiger partial charge in [0, 0.05) is 15.4 Å². The summed E-state index contributed by atoms with van der Waals surface area (Å²) in [6, 6.07) is 10.9. The lowest BCUT2D eigenvalue weighted by Crippen LogP contribution is -2.12. The maximum Gasteiger partial charge on any atom is 0.0173 e. The summed E-state index contributed by atoms with van der Waals surface area (Å²) < 4.78 is 0. The van der Waals surface area contributed by atoms with Gasteiger partial charge >= 0.3 is 0 Å². The number of allylic oxidation sites excluding steroid dienone is 1. The highest BCUT2D eigenvalue weighted by Gasteiger charge is 2.20. The van der Waals surface area contributed by atoms with E-state index >= 15 is 0 Å². The summed E-state index contributed by atoms with van der Waals surface area (Å²) >= 11 is 0. The summed E-state index contributed by atoms with van der Waals surface area (Å²) in [6.07, 6.45) is 5.09. The van der Waals surface area contributed by atoms with Crippen LogP contribution in [0.1, 0.15) is 76.3 Å². The molecule has 0 heterocycles. The maximum atomic E-state index is 4.23. The molecule has 1 heteroatoms. The second-order valence-electron chi connectivity index (χ2n) is 7.02. The van der Waals surface area contributed by atoms with E-state index < -0.39 is 0 Å². The molecule has 0 aromatic heterocycles. The normalized spacial score (nSPS) is 15.9. The monoisotopic (exact) mass is 316 g/mol. The average Bonchev–Trinajstić information content (AvgIpc) is 2.50. The lowest BCUT2D eigenvalue weighted by atomic mass is 9.82. The first-order valence-corrected chi connectivity index (χ1v) is 11.7. The first-order valence-electron chi connectivity index (χ1n) is 9.30. The highest BCUT2D eigenvalue weighted by Crippen LogP contribution is 2.35. The van der Waals surface area contributed by atoms with Gasteiger partial charge in [0.25, 0.3) is 0 Å². The molecule has 124 valence electrons. The predicted molar refractivity (Wildman–Crippen MR) is 105 cm³/mol. The molecule has 0 bridgehead atoms. The minimum absolute atomic E-state index is 0.0885. The molecule has 0 spiro atoms. The zero-order chi connectivity index (χ0) is 16.5. The quantitative estimate of drug-likeness (QED) is 0.351. The Morgan fingerprint density at radius 1 is 1.14 bits per heavy atom. The van der Waals surface area contributed by atoms with Gasteiger partial charge in [0.05, 0.1) is 0 Å². The van der Waals surface area contributed by atoms with Crippen molar-refractivity contribution in [3.05, 3.63) is 47.5 Å². The highest BCUT2D eigenvalue weighted by molar-refractivity contribution is 6.33. The second kappa shape index (κ2) is 10.0. The third-order valence-electron chi connectivity index (χ3n) is 4.94. The summed E-state index contributed by atoms with van der Waals surface area (Å²) in [6.45, 7) is 15.9. The fraction of sp³-hybridized carbons (Fsp3) is 0.619. The molecule has 3 unspecified atom stereocenters. The number of hydrogen-bond acceptors (Lipinski definition) is 0. The molecule has 0 aliphatic carbocycles. The molecular weight excluding hydrogens is 280 g/mol. The first kappa shape index (κ1) is 19.2. The molecule has 0 aliphatic heterocycles. The Hall–Kier alpha value is -0.823. The van der Waals surface area contributed by atoms with Gasteiger partial charge in [0.2, 0.25) is 0 Å². The Balaban J connectivity index is 3.07. The van der Waals surface area contributed by atoms with Crippen molar-refractivity contribution in [3.63, 3.8) is 0 Å². The number of rotatable bonds is 10. The van der Waals surface area contributed by atoms with Crippen LogP contribution in [0.2, 0.25) is 12.6 Å². The molecule has 1 rings (SSSR count). The van der Waals surface area contributed by atoms with E-state index in [1.165, 1.54) is 42.9 Å². The molecular formula is C21H36Si. The molecule has 0 fully saturated rings. The van der Waals surface area contributed by atoms with Gasteiger partial charge in [-0.3, -0.25) is 0 Å². The van der Waals surface area contributed by atoms with Crippen molar-refractivity contribution in [1.29, 1.82) is 0 Å². The minimum atomic E-state index is 0.0885. The van der Waals surface area contributed by atoms with Gasteiger partial charge in [-0.1, -0.05) is 89.0 Å². The smallest absolute Gasteiger partial charge is 0.0173 e. The van der Waals surface area contributed by atoms with Crippen LogP contribution in [0, 0.1) is 5.92 Å². The molecule has 0 nitrogen and oxygen atoms in total. The zero-order valence-electron chi connectivity index (χ0n) is 15.5. The predicted octanol–water partition coefficient (Wildman–Crippen LogP) is 6.30. The van der Waals surface area contributed by atoms with Crippen LogP contribution in [0.3, 0.4) is 0 Å². The van der Waals surface area contributed by atoms with E-state index in [0.717, 1.165) is 11.8 Å². The van der Waals surface area contributed by atoms with Crippen molar-refractivity contribution >= 4 is 9.52 Å². The van der Waals surface area contributed by atoms with E-state index in [0.29, 0.717) is 5.92 Å². The minimum Gasteiger partial charge on any atom is -0.0995 e. The lowest BCUT2D eigenvalue weighted by Gasteiger charge is -2.26. The topological polar surface area (TPSA) is 0 Å². The van der Waals surface area contributed by atoms with Crippen LogP contribution in [0.25, 0.3) is 0 Å². The van der Waals surface area contributed by atoms with E-state index in [-0.39, 0.29) is 9.52 Å². The van der Waals surface area contributed by atoms with Crippen LogP contribution in [0.4, 0.5) is 0 Å². The molecule has 3 atom stereocenters. The maximum absolute atomic E-state index is 4.23. The van der Waals surface area contributed by atoms with Crippen molar-refractivity contribution in [2.45, 2.75) is 77.8 Å². The van der Waals surface area contributed by atoms with Gasteiger partial charge in [-0.25, -0.2) is 0 Å². The molecule has 0 amide bonds. The lowest BCUT2D eigenvalue weighted by molar-refractivity contribution is 0.447. The molecule has 0 saturated carbocycles. The molecule has 0 saturated heterocycles. The van der Waals surface area contributed by atoms with Crippen LogP contribution in [0.15, 0.2) is 36.4 Å². The van der Waals surface area contributed by atoms with Crippen molar-refractivity contribution in [3.8, 4) is 0 Å². The van der Waals surface area contributed by atoms with Gasteiger partial charge < -0.3 is 0 Å². The summed E-state index contributed by atoms with van der Waals surface area (Å²) in [4.78, 5) is 0. The third kappa shape index (κ3) is 5.42. The van der Waals surface area contributed by atoms with E-state index in [1.54, 1.807) is 5.56 Å². The average molecular weight is 317 g/mol. The van der Waals surface area contributed by atoms with Gasteiger partial charge in [0.1, 0.15) is 0 Å². The molecule has 1 aromatic carbocycles. The highest BCUT2D eigenvalue weighted by atomic mass is 28.2. The summed E-state index contributed by atoms with van der Waals surface area (Å²) in [5.74, 6) is 2.11. The SMILES string of the molecule is C=C(C)C(CCC)c1cccc(C(C[SiH2]C)C(C)CCC)c1. The summed E-state index contributed by atoms with van der Waals surface area (Å²) in [5.41, 5.74) is 4.37. The molecule has 0 aliphatic rings. The fourth-order valence-corrected chi connectivity index (χ4v) is 5.26. The van der Waals surface area contributed by atoms with Crippen LogP contribution >= 0.6 is 0 Å². The molecule has 1 aromatic rings. The Morgan fingerprint density at radius 3 is 2.32 bits per heavy atom. The van der Waals surface area contributed by atoms with Crippen LogP contribution < -0.4 is 0 Å². The fourth-order valence-electron chi connectivity index (χ4n) is 3.74. The van der Waals surface area contributed by atoms with Crippen molar-refractivity contribution in [2.24, 2.45) is 5.92 Å². The molecule has 0 radical (unpaired) electrons.